The van der Waals surface area contributed by atoms with Crippen LogP contribution in [0.2, 0.25) is 0 Å². The number of nitrogens with zero attached hydrogens (tertiary/aromatic N) is 3. The van der Waals surface area contributed by atoms with Gasteiger partial charge in [0, 0.05) is 43.0 Å². The highest BCUT2D eigenvalue weighted by Crippen LogP contribution is 2.33. The van der Waals surface area contributed by atoms with Crippen molar-refractivity contribution >= 4 is 39.0 Å². The number of nitrogen functional groups attached to an aromatic ring is 1. The van der Waals surface area contributed by atoms with Gasteiger partial charge < -0.3 is 26.4 Å². The van der Waals surface area contributed by atoms with Crippen molar-refractivity contribution in [1.82, 2.24) is 15.3 Å². The topological polar surface area (TPSA) is 119 Å². The number of pyridine rings is 2. The van der Waals surface area contributed by atoms with Crippen LogP contribution in [0.4, 0.5) is 11.5 Å². The molecule has 8 nitrogen and oxygen atoms in total. The van der Waals surface area contributed by atoms with E-state index in [0.717, 1.165) is 66.2 Å². The molecule has 9 heteroatoms. The molecule has 4 heterocycles. The second-order valence-electron chi connectivity index (χ2n) is 9.31. The van der Waals surface area contributed by atoms with Crippen LogP contribution < -0.4 is 21.7 Å². The number of fused-ring (bicyclic) bond motifs is 2. The molecule has 0 saturated carbocycles. The van der Waals surface area contributed by atoms with E-state index in [1.807, 2.05) is 19.1 Å². The van der Waals surface area contributed by atoms with Gasteiger partial charge in [0.25, 0.3) is 5.91 Å². The van der Waals surface area contributed by atoms with Crippen LogP contribution in [0.25, 0.3) is 10.2 Å². The average molecular weight is 467 g/mol. The van der Waals surface area contributed by atoms with Gasteiger partial charge in [0.15, 0.2) is 0 Å². The van der Waals surface area contributed by atoms with Gasteiger partial charge in [-0.1, -0.05) is 6.07 Å². The third-order valence-electron chi connectivity index (χ3n) is 6.67. The first-order valence-electron chi connectivity index (χ1n) is 11.3. The van der Waals surface area contributed by atoms with Crippen LogP contribution in [-0.2, 0) is 17.6 Å². The Bertz CT molecular complexity index is 1210. The lowest BCUT2D eigenvalue weighted by Crippen LogP contribution is -2.46. The van der Waals surface area contributed by atoms with Crippen LogP contribution in [0.15, 0.2) is 24.3 Å². The Morgan fingerprint density at radius 2 is 2.18 bits per heavy atom. The summed E-state index contributed by atoms with van der Waals surface area (Å²) in [5.74, 6) is 0.848. The number of aromatic nitrogens is 2. The minimum atomic E-state index is -0.315. The summed E-state index contributed by atoms with van der Waals surface area (Å²) in [5, 5.41) is 4.03. The first kappa shape index (κ1) is 22.1. The highest BCUT2D eigenvalue weighted by Gasteiger charge is 2.35. The van der Waals surface area contributed by atoms with Crippen molar-refractivity contribution < 1.29 is 9.53 Å². The van der Waals surface area contributed by atoms with Crippen molar-refractivity contribution in [1.29, 1.82) is 0 Å². The molecule has 3 aromatic rings. The maximum atomic E-state index is 13.0. The van der Waals surface area contributed by atoms with E-state index in [2.05, 4.69) is 27.3 Å². The molecule has 1 aliphatic carbocycles. The molecule has 3 aromatic heterocycles. The van der Waals surface area contributed by atoms with E-state index in [0.29, 0.717) is 17.2 Å². The van der Waals surface area contributed by atoms with E-state index in [1.165, 1.54) is 16.9 Å². The standard InChI is InChI=1S/C24H30N6O2S/c1-14-3-6-17-20(25)21(33-23(17)27-14)22(31)28-16-5-7-18-15(11-16)4-8-19(29-18)30-10-9-24(26,12-30)13-32-2/h3-4,6,8,16H,5,7,9-13,25-26H2,1-2H3,(H,28,31)/t16-,24-/m0/s1. The molecule has 1 amide bonds. The van der Waals surface area contributed by atoms with E-state index >= 15 is 0 Å². The number of nitrogens with one attached hydrogen (secondary N) is 1. The SMILES string of the molecule is COC[C@]1(N)CCN(c2ccc3c(n2)CC[C@H](NC(=O)c2sc4nc(C)ccc4c2N)C3)C1. The van der Waals surface area contributed by atoms with Gasteiger partial charge in [-0.05, 0) is 56.4 Å². The van der Waals surface area contributed by atoms with Crippen LogP contribution >= 0.6 is 11.3 Å². The van der Waals surface area contributed by atoms with Crippen LogP contribution in [-0.4, -0.2) is 54.3 Å². The van der Waals surface area contributed by atoms with Gasteiger partial charge in [0.05, 0.1) is 17.8 Å². The summed E-state index contributed by atoms with van der Waals surface area (Å²) in [6.45, 7) is 4.12. The zero-order valence-electron chi connectivity index (χ0n) is 19.1. The number of aryl methyl sites for hydroxylation is 2. The molecule has 1 fully saturated rings. The number of rotatable bonds is 5. The summed E-state index contributed by atoms with van der Waals surface area (Å²) in [7, 11) is 1.69. The molecule has 0 aromatic carbocycles. The highest BCUT2D eigenvalue weighted by molar-refractivity contribution is 7.21. The molecule has 0 unspecified atom stereocenters. The summed E-state index contributed by atoms with van der Waals surface area (Å²) >= 11 is 1.35. The zero-order valence-corrected chi connectivity index (χ0v) is 19.9. The maximum absolute atomic E-state index is 13.0. The van der Waals surface area contributed by atoms with Gasteiger partial charge in [-0.25, -0.2) is 9.97 Å². The fourth-order valence-electron chi connectivity index (χ4n) is 4.90. The Kier molecular flexibility index (Phi) is 5.72. The minimum absolute atomic E-state index is 0.0575. The number of methoxy groups -OCH3 is 1. The molecule has 0 bridgehead atoms. The summed E-state index contributed by atoms with van der Waals surface area (Å²) in [5.41, 5.74) is 16.1. The van der Waals surface area contributed by atoms with Crippen molar-refractivity contribution in [2.24, 2.45) is 5.73 Å². The van der Waals surface area contributed by atoms with E-state index in [-0.39, 0.29) is 17.5 Å². The number of nitrogens with two attached hydrogens (primary N) is 2. The Morgan fingerprint density at radius 1 is 1.33 bits per heavy atom. The van der Waals surface area contributed by atoms with E-state index in [1.54, 1.807) is 7.11 Å². The Hall–Kier alpha value is -2.75. The lowest BCUT2D eigenvalue weighted by atomic mass is 9.91. The first-order chi connectivity index (χ1) is 15.8. The highest BCUT2D eigenvalue weighted by atomic mass is 32.1. The van der Waals surface area contributed by atoms with Crippen molar-refractivity contribution in [2.45, 2.75) is 44.2 Å². The van der Waals surface area contributed by atoms with Gasteiger partial charge in [0.1, 0.15) is 15.5 Å². The third-order valence-corrected chi connectivity index (χ3v) is 7.78. The molecule has 5 rings (SSSR count). The first-order valence-corrected chi connectivity index (χ1v) is 12.1. The molecular weight excluding hydrogens is 436 g/mol. The molecular formula is C24H30N6O2S. The van der Waals surface area contributed by atoms with Gasteiger partial charge in [-0.15, -0.1) is 11.3 Å². The molecule has 2 atom stereocenters. The third kappa shape index (κ3) is 4.28. The second-order valence-corrected chi connectivity index (χ2v) is 10.3. The largest absolute Gasteiger partial charge is 0.397 e. The van der Waals surface area contributed by atoms with Gasteiger partial charge in [-0.2, -0.15) is 0 Å². The summed E-state index contributed by atoms with van der Waals surface area (Å²) in [4.78, 5) is 26.0. The summed E-state index contributed by atoms with van der Waals surface area (Å²) in [6.07, 6.45) is 3.34. The summed E-state index contributed by atoms with van der Waals surface area (Å²) in [6, 6.07) is 8.12. The number of thiophene rings is 1. The second kappa shape index (κ2) is 8.55. The normalized spacial score (nSPS) is 22.5. The smallest absolute Gasteiger partial charge is 0.263 e. The van der Waals surface area contributed by atoms with Crippen LogP contribution in [0.3, 0.4) is 0 Å². The molecule has 2 aliphatic rings. The number of carbonyl (C=O) groups is 1. The van der Waals surface area contributed by atoms with Crippen LogP contribution in [0.1, 0.15) is 39.5 Å². The lowest BCUT2D eigenvalue weighted by molar-refractivity contribution is 0.0938. The predicted molar refractivity (Wildman–Crippen MR) is 132 cm³/mol. The average Bonchev–Trinajstić information content (AvgIpc) is 3.33. The van der Waals surface area contributed by atoms with Gasteiger partial charge in [-0.3, -0.25) is 4.79 Å². The van der Waals surface area contributed by atoms with E-state index < -0.39 is 0 Å². The summed E-state index contributed by atoms with van der Waals surface area (Å²) < 4.78 is 5.29. The van der Waals surface area contributed by atoms with E-state index in [9.17, 15) is 4.79 Å². The van der Waals surface area contributed by atoms with Gasteiger partial charge in [0.2, 0.25) is 0 Å². The number of amides is 1. The number of ether oxygens (including phenoxy) is 1. The number of anilines is 2. The quantitative estimate of drug-likeness (QED) is 0.528. The number of carbonyl (C=O) groups excluding carboxylic acids is 1. The monoisotopic (exact) mass is 466 g/mol. The zero-order chi connectivity index (χ0) is 23.2. The molecule has 0 spiro atoms. The van der Waals surface area contributed by atoms with Crippen molar-refractivity contribution in [3.8, 4) is 0 Å². The molecule has 1 aliphatic heterocycles. The Balaban J connectivity index is 1.26. The van der Waals surface area contributed by atoms with Crippen molar-refractivity contribution in [3.05, 3.63) is 46.1 Å². The molecule has 0 radical (unpaired) electrons. The Morgan fingerprint density at radius 3 is 3.00 bits per heavy atom. The molecule has 33 heavy (non-hydrogen) atoms. The number of hydrogen-bond acceptors (Lipinski definition) is 8. The van der Waals surface area contributed by atoms with Crippen LogP contribution in [0, 0.1) is 6.92 Å². The fraction of sp³-hybridized carbons (Fsp3) is 0.458. The predicted octanol–water partition coefficient (Wildman–Crippen LogP) is 2.42. The van der Waals surface area contributed by atoms with Crippen molar-refractivity contribution in [3.63, 3.8) is 0 Å². The molecule has 174 valence electrons. The van der Waals surface area contributed by atoms with Gasteiger partial charge >= 0.3 is 0 Å². The van der Waals surface area contributed by atoms with E-state index in [4.69, 9.17) is 21.2 Å². The molecule has 1 saturated heterocycles. The minimum Gasteiger partial charge on any atom is -0.397 e. The lowest BCUT2D eigenvalue weighted by Gasteiger charge is -2.27. The van der Waals surface area contributed by atoms with Crippen molar-refractivity contribution in [2.75, 3.05) is 37.4 Å². The maximum Gasteiger partial charge on any atom is 0.263 e. The Labute approximate surface area is 197 Å². The number of hydrogen-bond donors (Lipinski definition) is 3. The van der Waals surface area contributed by atoms with Crippen LogP contribution in [0.5, 0.6) is 0 Å². The fourth-order valence-corrected chi connectivity index (χ4v) is 5.95. The molecule has 5 N–H and O–H groups in total.